The monoisotopic (exact) mass is 479 g/mol. The van der Waals surface area contributed by atoms with Crippen molar-refractivity contribution < 1.29 is 24.2 Å². The van der Waals surface area contributed by atoms with Crippen LogP contribution in [-0.4, -0.2) is 72.5 Å². The first-order chi connectivity index (χ1) is 17.2. The third-order valence-corrected chi connectivity index (χ3v) is 5.59. The number of nitrogens with one attached hydrogen (secondary N) is 2. The Kier molecular flexibility index (Phi) is 8.44. The van der Waals surface area contributed by atoms with Gasteiger partial charge in [0.1, 0.15) is 12.1 Å². The Hall–Kier alpha value is -3.73. The highest BCUT2D eigenvalue weighted by Gasteiger charge is 2.13. The summed E-state index contributed by atoms with van der Waals surface area (Å²) in [5, 5.41) is 12.7. The first kappa shape index (κ1) is 24.4. The molecule has 1 aromatic heterocycles. The lowest BCUT2D eigenvalue weighted by atomic mass is 10.1. The van der Waals surface area contributed by atoms with E-state index in [1.54, 1.807) is 18.7 Å². The highest BCUT2D eigenvalue weighted by atomic mass is 16.5. The summed E-state index contributed by atoms with van der Waals surface area (Å²) < 4.78 is 17.0. The summed E-state index contributed by atoms with van der Waals surface area (Å²) in [5.41, 5.74) is 3.85. The number of rotatable bonds is 10. The van der Waals surface area contributed by atoms with Crippen LogP contribution in [0.5, 0.6) is 11.5 Å². The number of methoxy groups -OCH3 is 1. The van der Waals surface area contributed by atoms with E-state index in [2.05, 4.69) is 20.2 Å². The molecule has 0 unspecified atom stereocenters. The zero-order valence-electron chi connectivity index (χ0n) is 19.6. The lowest BCUT2D eigenvalue weighted by Gasteiger charge is -2.26. The van der Waals surface area contributed by atoms with Crippen LogP contribution in [-0.2, 0) is 9.53 Å². The van der Waals surface area contributed by atoms with Gasteiger partial charge in [-0.2, -0.15) is 0 Å². The summed E-state index contributed by atoms with van der Waals surface area (Å²) in [6.45, 7) is 5.04. The van der Waals surface area contributed by atoms with Crippen LogP contribution >= 0.6 is 0 Å². The van der Waals surface area contributed by atoms with E-state index in [0.717, 1.165) is 61.4 Å². The van der Waals surface area contributed by atoms with E-state index in [1.807, 2.05) is 36.4 Å². The quantitative estimate of drug-likeness (QED) is 0.175. The zero-order chi connectivity index (χ0) is 24.5. The van der Waals surface area contributed by atoms with Crippen molar-refractivity contribution in [3.8, 4) is 11.5 Å². The molecule has 0 spiro atoms. The van der Waals surface area contributed by atoms with Crippen LogP contribution < -0.4 is 20.3 Å². The number of aromatic nitrogens is 2. The van der Waals surface area contributed by atoms with Crippen LogP contribution in [0.4, 0.5) is 11.5 Å². The third-order valence-electron chi connectivity index (χ3n) is 5.59. The summed E-state index contributed by atoms with van der Waals surface area (Å²) in [7, 11) is 1.61. The van der Waals surface area contributed by atoms with Gasteiger partial charge < -0.3 is 19.5 Å². The second kappa shape index (κ2) is 12.1. The Labute approximate surface area is 203 Å². The number of amides is 1. The van der Waals surface area contributed by atoms with E-state index < -0.39 is 5.91 Å². The van der Waals surface area contributed by atoms with Crippen LogP contribution in [0.3, 0.4) is 0 Å². The normalized spacial score (nSPS) is 14.2. The summed E-state index contributed by atoms with van der Waals surface area (Å²) in [6.07, 6.45) is 5.24. The number of nitrogens with zero attached hydrogens (tertiary/aromatic N) is 3. The molecule has 3 aromatic rings. The van der Waals surface area contributed by atoms with Crippen molar-refractivity contribution in [3.05, 3.63) is 54.4 Å². The summed E-state index contributed by atoms with van der Waals surface area (Å²) in [6, 6.07) is 11.2. The SMILES string of the molecule is COc1cc2c(Nc3cccc(/C=C/C(=O)NO)c3)ncnc2cc1OCCCN1CCOCC1. The van der Waals surface area contributed by atoms with E-state index in [-0.39, 0.29) is 0 Å². The van der Waals surface area contributed by atoms with Gasteiger partial charge in [0.2, 0.25) is 0 Å². The third kappa shape index (κ3) is 6.66. The maximum Gasteiger partial charge on any atom is 0.267 e. The lowest BCUT2D eigenvalue weighted by molar-refractivity contribution is -0.124. The van der Waals surface area contributed by atoms with Gasteiger partial charge in [-0.25, -0.2) is 15.4 Å². The van der Waals surface area contributed by atoms with Crippen molar-refractivity contribution in [3.63, 3.8) is 0 Å². The maximum atomic E-state index is 11.2. The fraction of sp³-hybridized carbons (Fsp3) is 0.320. The number of hydrogen-bond donors (Lipinski definition) is 3. The Morgan fingerprint density at radius 3 is 2.86 bits per heavy atom. The largest absolute Gasteiger partial charge is 0.493 e. The number of hydrogen-bond acceptors (Lipinski definition) is 9. The Balaban J connectivity index is 1.47. The number of anilines is 2. The number of fused-ring (bicyclic) bond motifs is 1. The van der Waals surface area contributed by atoms with Gasteiger partial charge in [0.15, 0.2) is 11.5 Å². The molecular weight excluding hydrogens is 450 g/mol. The summed E-state index contributed by atoms with van der Waals surface area (Å²) >= 11 is 0. The van der Waals surface area contributed by atoms with E-state index in [0.29, 0.717) is 23.9 Å². The van der Waals surface area contributed by atoms with Crippen molar-refractivity contribution in [2.45, 2.75) is 6.42 Å². The minimum absolute atomic E-state index is 0.573. The van der Waals surface area contributed by atoms with Crippen molar-refractivity contribution in [1.82, 2.24) is 20.3 Å². The molecule has 1 fully saturated rings. The first-order valence-corrected chi connectivity index (χ1v) is 11.4. The molecule has 10 nitrogen and oxygen atoms in total. The molecule has 1 amide bonds. The molecule has 2 heterocycles. The highest BCUT2D eigenvalue weighted by Crippen LogP contribution is 2.35. The molecule has 0 aliphatic carbocycles. The number of morpholine rings is 1. The second-order valence-corrected chi connectivity index (χ2v) is 7.96. The van der Waals surface area contributed by atoms with Gasteiger partial charge in [-0.1, -0.05) is 12.1 Å². The molecule has 1 aliphatic heterocycles. The van der Waals surface area contributed by atoms with Crippen LogP contribution in [0.2, 0.25) is 0 Å². The van der Waals surface area contributed by atoms with Crippen LogP contribution in [0, 0.1) is 0 Å². The molecule has 35 heavy (non-hydrogen) atoms. The molecule has 2 aromatic carbocycles. The van der Waals surface area contributed by atoms with Gasteiger partial charge in [-0.05, 0) is 36.3 Å². The Morgan fingerprint density at radius 1 is 1.20 bits per heavy atom. The second-order valence-electron chi connectivity index (χ2n) is 7.96. The first-order valence-electron chi connectivity index (χ1n) is 11.4. The average Bonchev–Trinajstić information content (AvgIpc) is 2.90. The maximum absolute atomic E-state index is 11.2. The molecule has 3 N–H and O–H groups in total. The lowest BCUT2D eigenvalue weighted by Crippen LogP contribution is -2.37. The number of ether oxygens (including phenoxy) is 3. The zero-order valence-corrected chi connectivity index (χ0v) is 19.6. The fourth-order valence-electron chi connectivity index (χ4n) is 3.80. The average molecular weight is 480 g/mol. The van der Waals surface area contributed by atoms with E-state index in [9.17, 15) is 4.79 Å². The van der Waals surface area contributed by atoms with E-state index in [1.165, 1.54) is 12.4 Å². The van der Waals surface area contributed by atoms with Crippen molar-refractivity contribution in [2.24, 2.45) is 0 Å². The molecule has 0 bridgehead atoms. The van der Waals surface area contributed by atoms with E-state index >= 15 is 0 Å². The minimum Gasteiger partial charge on any atom is -0.493 e. The number of benzene rings is 2. The van der Waals surface area contributed by atoms with Crippen LogP contribution in [0.25, 0.3) is 17.0 Å². The van der Waals surface area contributed by atoms with Gasteiger partial charge in [-0.15, -0.1) is 0 Å². The topological polar surface area (TPSA) is 118 Å². The predicted octanol–water partition coefficient (Wildman–Crippen LogP) is 3.00. The van der Waals surface area contributed by atoms with Gasteiger partial charge in [-0.3, -0.25) is 14.9 Å². The van der Waals surface area contributed by atoms with Crippen LogP contribution in [0.15, 0.2) is 48.8 Å². The minimum atomic E-state index is -0.601. The van der Waals surface area contributed by atoms with Gasteiger partial charge in [0.25, 0.3) is 5.91 Å². The van der Waals surface area contributed by atoms with Crippen molar-refractivity contribution in [1.29, 1.82) is 0 Å². The Bertz CT molecular complexity index is 1180. The molecule has 1 aliphatic rings. The summed E-state index contributed by atoms with van der Waals surface area (Å²) in [5.74, 6) is 1.26. The molecule has 1 saturated heterocycles. The smallest absolute Gasteiger partial charge is 0.267 e. The van der Waals surface area contributed by atoms with Gasteiger partial charge in [0.05, 0.1) is 32.4 Å². The molecule has 0 atom stereocenters. The molecular formula is C25H29N5O5. The molecule has 4 rings (SSSR count). The fourth-order valence-corrected chi connectivity index (χ4v) is 3.80. The number of hydroxylamine groups is 1. The summed E-state index contributed by atoms with van der Waals surface area (Å²) in [4.78, 5) is 22.4. The predicted molar refractivity (Wildman–Crippen MR) is 132 cm³/mol. The van der Waals surface area contributed by atoms with Crippen LogP contribution in [0.1, 0.15) is 12.0 Å². The standard InChI is InChI=1S/C25H29N5O5/c1-33-22-15-20-21(16-23(22)35-11-3-8-30-9-12-34-13-10-30)26-17-27-25(20)28-19-5-2-4-18(14-19)6-7-24(31)29-32/h2,4-7,14-17,32H,3,8-13H2,1H3,(H,29,31)(H,26,27,28)/b7-6+. The van der Waals surface area contributed by atoms with E-state index in [4.69, 9.17) is 19.4 Å². The highest BCUT2D eigenvalue weighted by molar-refractivity contribution is 5.93. The van der Waals surface area contributed by atoms with Gasteiger partial charge in [0, 0.05) is 42.9 Å². The van der Waals surface area contributed by atoms with Gasteiger partial charge >= 0.3 is 0 Å². The molecule has 10 heteroatoms. The molecule has 0 radical (unpaired) electrons. The number of carbonyl (C=O) groups excluding carboxylic acids is 1. The van der Waals surface area contributed by atoms with Crippen molar-refractivity contribution >= 4 is 34.4 Å². The molecule has 0 saturated carbocycles. The van der Waals surface area contributed by atoms with Crippen molar-refractivity contribution in [2.75, 3.05) is 51.9 Å². The molecule has 184 valence electrons. The Morgan fingerprint density at radius 2 is 2.06 bits per heavy atom. The number of carbonyl (C=O) groups is 1.